The van der Waals surface area contributed by atoms with E-state index in [4.69, 9.17) is 5.73 Å². The maximum absolute atomic E-state index is 5.73. The lowest BCUT2D eigenvalue weighted by Gasteiger charge is -2.10. The Bertz CT molecular complexity index is 561. The molecule has 2 heterocycles. The summed E-state index contributed by atoms with van der Waals surface area (Å²) in [6, 6.07) is 0. The van der Waals surface area contributed by atoms with Gasteiger partial charge in [0.25, 0.3) is 0 Å². The maximum Gasteiger partial charge on any atom is 0.241 e. The van der Waals surface area contributed by atoms with E-state index >= 15 is 0 Å². The molecular weight excluding hydrogens is 266 g/mol. The van der Waals surface area contributed by atoms with E-state index < -0.39 is 0 Å². The summed E-state index contributed by atoms with van der Waals surface area (Å²) in [6.45, 7) is 0.864. The van der Waals surface area contributed by atoms with Crippen LogP contribution in [0.15, 0.2) is 18.7 Å². The molecule has 7 nitrogen and oxygen atoms in total. The second kappa shape index (κ2) is 6.51. The number of hydrogen-bond acceptors (Lipinski definition) is 6. The van der Waals surface area contributed by atoms with Crippen molar-refractivity contribution in [2.45, 2.75) is 38.5 Å². The molecule has 2 aromatic rings. The van der Waals surface area contributed by atoms with Crippen molar-refractivity contribution in [3.63, 3.8) is 0 Å². The largest absolute Gasteiger partial charge is 0.368 e. The summed E-state index contributed by atoms with van der Waals surface area (Å²) in [7, 11) is 0. The van der Waals surface area contributed by atoms with Crippen LogP contribution in [-0.2, 0) is 0 Å². The van der Waals surface area contributed by atoms with Gasteiger partial charge in [-0.2, -0.15) is 15.0 Å². The maximum atomic E-state index is 5.73. The van der Waals surface area contributed by atoms with E-state index in [1.807, 2.05) is 0 Å². The molecule has 0 atom stereocenters. The molecule has 0 aliphatic heterocycles. The van der Waals surface area contributed by atoms with Gasteiger partial charge in [0.05, 0.1) is 0 Å². The van der Waals surface area contributed by atoms with E-state index in [2.05, 4.69) is 25.3 Å². The fourth-order valence-electron chi connectivity index (χ4n) is 2.84. The molecule has 1 aliphatic rings. The minimum atomic E-state index is 0.215. The van der Waals surface area contributed by atoms with Crippen LogP contribution >= 0.6 is 0 Å². The van der Waals surface area contributed by atoms with Crippen LogP contribution in [0.3, 0.4) is 0 Å². The van der Waals surface area contributed by atoms with Crippen molar-refractivity contribution < 1.29 is 0 Å². The molecule has 0 amide bonds. The molecule has 1 fully saturated rings. The smallest absolute Gasteiger partial charge is 0.241 e. The van der Waals surface area contributed by atoms with Crippen LogP contribution in [0.25, 0.3) is 5.95 Å². The third kappa shape index (κ3) is 3.68. The van der Waals surface area contributed by atoms with E-state index in [1.165, 1.54) is 32.1 Å². The van der Waals surface area contributed by atoms with E-state index in [9.17, 15) is 0 Å². The van der Waals surface area contributed by atoms with E-state index in [0.29, 0.717) is 11.9 Å². The number of nitrogens with one attached hydrogen (secondary N) is 1. The van der Waals surface area contributed by atoms with Gasteiger partial charge < -0.3 is 11.1 Å². The van der Waals surface area contributed by atoms with E-state index in [-0.39, 0.29) is 5.95 Å². The van der Waals surface area contributed by atoms with Crippen molar-refractivity contribution >= 4 is 11.9 Å². The summed E-state index contributed by atoms with van der Waals surface area (Å²) < 4.78 is 1.71. The molecule has 0 spiro atoms. The zero-order chi connectivity index (χ0) is 14.5. The topological polar surface area (TPSA) is 94.5 Å². The molecule has 0 aromatic carbocycles. The Hall–Kier alpha value is -2.18. The van der Waals surface area contributed by atoms with Crippen molar-refractivity contribution in [3.05, 3.63) is 18.7 Å². The normalized spacial score (nSPS) is 15.4. The highest BCUT2D eigenvalue weighted by atomic mass is 15.3. The standard InChI is InChI=1S/C14H21N7/c15-12-18-13(17-7-3-6-11-4-1-2-5-11)20-14(19-12)21-9-8-16-10-21/h8-11H,1-7H2,(H3,15,17,18,19,20). The van der Waals surface area contributed by atoms with Gasteiger partial charge in [-0.3, -0.25) is 4.57 Å². The number of aromatic nitrogens is 5. The average Bonchev–Trinajstić information content (AvgIpc) is 3.16. The molecule has 1 aliphatic carbocycles. The summed E-state index contributed by atoms with van der Waals surface area (Å²) >= 11 is 0. The van der Waals surface area contributed by atoms with Gasteiger partial charge in [-0.1, -0.05) is 25.7 Å². The molecule has 0 saturated heterocycles. The molecule has 1 saturated carbocycles. The number of hydrogen-bond donors (Lipinski definition) is 2. The average molecular weight is 287 g/mol. The van der Waals surface area contributed by atoms with Crippen LogP contribution in [0.4, 0.5) is 11.9 Å². The van der Waals surface area contributed by atoms with Gasteiger partial charge in [-0.25, -0.2) is 4.98 Å². The summed E-state index contributed by atoms with van der Waals surface area (Å²) in [6.07, 6.45) is 13.1. The monoisotopic (exact) mass is 287 g/mol. The number of nitrogens with zero attached hydrogens (tertiary/aromatic N) is 5. The summed E-state index contributed by atoms with van der Waals surface area (Å²) in [5, 5.41) is 3.24. The first kappa shape index (κ1) is 13.8. The Morgan fingerprint density at radius 3 is 2.86 bits per heavy atom. The van der Waals surface area contributed by atoms with E-state index in [1.54, 1.807) is 23.3 Å². The second-order valence-corrected chi connectivity index (χ2v) is 5.51. The predicted octanol–water partition coefficient (Wildman–Crippen LogP) is 2.02. The molecule has 0 unspecified atom stereocenters. The number of imidazole rings is 1. The van der Waals surface area contributed by atoms with Crippen molar-refractivity contribution in [3.8, 4) is 5.95 Å². The van der Waals surface area contributed by atoms with Gasteiger partial charge in [0.2, 0.25) is 17.8 Å². The van der Waals surface area contributed by atoms with Crippen molar-refractivity contribution in [2.75, 3.05) is 17.6 Å². The summed E-state index contributed by atoms with van der Waals surface area (Å²) in [5.41, 5.74) is 5.73. The Labute approximate surface area is 124 Å². The van der Waals surface area contributed by atoms with Crippen LogP contribution in [-0.4, -0.2) is 31.0 Å². The Morgan fingerprint density at radius 1 is 1.24 bits per heavy atom. The van der Waals surface area contributed by atoms with Gasteiger partial charge in [0, 0.05) is 18.9 Å². The fourth-order valence-corrected chi connectivity index (χ4v) is 2.84. The minimum Gasteiger partial charge on any atom is -0.368 e. The molecule has 7 heteroatoms. The van der Waals surface area contributed by atoms with E-state index in [0.717, 1.165) is 18.9 Å². The minimum absolute atomic E-state index is 0.215. The van der Waals surface area contributed by atoms with Crippen molar-refractivity contribution in [1.82, 2.24) is 24.5 Å². The van der Waals surface area contributed by atoms with Crippen LogP contribution in [0.1, 0.15) is 38.5 Å². The zero-order valence-electron chi connectivity index (χ0n) is 12.1. The number of rotatable bonds is 6. The lowest BCUT2D eigenvalue weighted by Crippen LogP contribution is -2.12. The highest BCUT2D eigenvalue weighted by molar-refractivity contribution is 5.34. The van der Waals surface area contributed by atoms with Crippen LogP contribution in [0, 0.1) is 5.92 Å². The number of nitrogens with two attached hydrogens (primary N) is 1. The van der Waals surface area contributed by atoms with Gasteiger partial charge in [-0.15, -0.1) is 0 Å². The first-order valence-electron chi connectivity index (χ1n) is 7.55. The van der Waals surface area contributed by atoms with Gasteiger partial charge >= 0.3 is 0 Å². The molecule has 21 heavy (non-hydrogen) atoms. The Morgan fingerprint density at radius 2 is 2.10 bits per heavy atom. The first-order chi connectivity index (χ1) is 10.3. The lowest BCUT2D eigenvalue weighted by molar-refractivity contribution is 0.491. The zero-order valence-corrected chi connectivity index (χ0v) is 12.1. The molecule has 0 bridgehead atoms. The molecule has 112 valence electrons. The Kier molecular flexibility index (Phi) is 4.28. The molecular formula is C14H21N7. The van der Waals surface area contributed by atoms with Gasteiger partial charge in [0.15, 0.2) is 0 Å². The molecule has 2 aromatic heterocycles. The number of anilines is 2. The molecule has 3 N–H and O–H groups in total. The van der Waals surface area contributed by atoms with Crippen LogP contribution in [0.2, 0.25) is 0 Å². The highest BCUT2D eigenvalue weighted by Gasteiger charge is 2.14. The highest BCUT2D eigenvalue weighted by Crippen LogP contribution is 2.28. The van der Waals surface area contributed by atoms with Crippen molar-refractivity contribution in [2.24, 2.45) is 5.92 Å². The van der Waals surface area contributed by atoms with Crippen LogP contribution in [0.5, 0.6) is 0 Å². The predicted molar refractivity (Wildman–Crippen MR) is 81.0 cm³/mol. The first-order valence-corrected chi connectivity index (χ1v) is 7.55. The summed E-state index contributed by atoms with van der Waals surface area (Å²) in [4.78, 5) is 16.6. The quantitative estimate of drug-likeness (QED) is 0.789. The van der Waals surface area contributed by atoms with Gasteiger partial charge in [0.1, 0.15) is 6.33 Å². The molecule has 0 radical (unpaired) electrons. The number of nitrogen functional groups attached to an aromatic ring is 1. The Balaban J connectivity index is 1.55. The molecule has 3 rings (SSSR count). The third-order valence-corrected chi connectivity index (χ3v) is 3.92. The summed E-state index contributed by atoms with van der Waals surface area (Å²) in [5.74, 6) is 2.14. The fraction of sp³-hybridized carbons (Fsp3) is 0.571. The SMILES string of the molecule is Nc1nc(NCCCC2CCCC2)nc(-n2ccnc2)n1. The second-order valence-electron chi connectivity index (χ2n) is 5.51. The van der Waals surface area contributed by atoms with Gasteiger partial charge in [-0.05, 0) is 18.8 Å². The van der Waals surface area contributed by atoms with Crippen molar-refractivity contribution in [1.29, 1.82) is 0 Å². The lowest BCUT2D eigenvalue weighted by atomic mass is 10.0. The third-order valence-electron chi connectivity index (χ3n) is 3.92. The van der Waals surface area contributed by atoms with Crippen LogP contribution < -0.4 is 11.1 Å².